The predicted molar refractivity (Wildman–Crippen MR) is 144 cm³/mol. The number of nitrogens with one attached hydrogen (secondary N) is 2. The molecule has 0 spiro atoms. The van der Waals surface area contributed by atoms with Crippen LogP contribution in [0.25, 0.3) is 10.9 Å². The number of fused-ring (bicyclic) bond motifs is 1. The van der Waals surface area contributed by atoms with Crippen LogP contribution >= 0.6 is 11.8 Å². The number of amides is 1. The van der Waals surface area contributed by atoms with Gasteiger partial charge in [-0.15, -0.1) is 0 Å². The minimum absolute atomic E-state index is 0.120. The molecule has 4 rings (SSSR count). The molecule has 2 aliphatic rings. The number of H-pyrrole nitrogens is 1. The van der Waals surface area contributed by atoms with E-state index in [1.807, 2.05) is 31.2 Å². The van der Waals surface area contributed by atoms with Crippen LogP contribution in [0.15, 0.2) is 57.8 Å². The smallest absolute Gasteiger partial charge is 0.417 e. The van der Waals surface area contributed by atoms with Crippen LogP contribution in [0.1, 0.15) is 57.9 Å². The van der Waals surface area contributed by atoms with Crippen LogP contribution in [-0.4, -0.2) is 42.7 Å². The molecule has 1 aromatic carbocycles. The van der Waals surface area contributed by atoms with Gasteiger partial charge in [-0.2, -0.15) is 0 Å². The molecule has 2 N–H and O–H groups in total. The highest BCUT2D eigenvalue weighted by molar-refractivity contribution is 8.06. The van der Waals surface area contributed by atoms with Gasteiger partial charge in [0.2, 0.25) is 0 Å². The van der Waals surface area contributed by atoms with Crippen molar-refractivity contribution in [2.75, 3.05) is 20.6 Å². The fourth-order valence-electron chi connectivity index (χ4n) is 4.56. The van der Waals surface area contributed by atoms with Gasteiger partial charge in [0.1, 0.15) is 17.6 Å². The molecule has 7 heteroatoms. The largest absolute Gasteiger partial charge is 0.485 e. The van der Waals surface area contributed by atoms with Crippen LogP contribution in [-0.2, 0) is 11.2 Å². The first-order valence-electron chi connectivity index (χ1n) is 12.6. The van der Waals surface area contributed by atoms with Crippen molar-refractivity contribution >= 4 is 28.8 Å². The van der Waals surface area contributed by atoms with Crippen LogP contribution in [0.4, 0.5) is 4.79 Å². The zero-order chi connectivity index (χ0) is 24.8. The second kappa shape index (κ2) is 11.9. The molecular weight excluding hydrogens is 458 g/mol. The number of aromatic nitrogens is 1. The molecule has 0 saturated carbocycles. The first-order chi connectivity index (χ1) is 16.9. The molecule has 1 aromatic heterocycles. The van der Waals surface area contributed by atoms with Crippen LogP contribution in [0.5, 0.6) is 5.75 Å². The van der Waals surface area contributed by atoms with Crippen molar-refractivity contribution in [3.8, 4) is 5.75 Å². The van der Waals surface area contributed by atoms with Gasteiger partial charge in [0, 0.05) is 30.1 Å². The molecule has 0 saturated heterocycles. The SMILES string of the molecule is C/C=C(/NC(=O)OC1=CC(Oc2cccc3[nH]cc(CCN(C)C)c23)CC1)SC1=C(C)CCCC1. The predicted octanol–water partition coefficient (Wildman–Crippen LogP) is 6.87. The van der Waals surface area contributed by atoms with Gasteiger partial charge >= 0.3 is 6.09 Å². The third-order valence-electron chi connectivity index (χ3n) is 6.53. The number of alkyl carbamates (subject to hydrolysis) is 1. The Morgan fingerprint density at radius 1 is 1.26 bits per heavy atom. The molecule has 188 valence electrons. The molecule has 1 atom stereocenters. The summed E-state index contributed by atoms with van der Waals surface area (Å²) in [4.78, 5) is 19.5. The number of likely N-dealkylation sites (N-methyl/N-ethyl adjacent to an activating group) is 1. The van der Waals surface area contributed by atoms with Crippen molar-refractivity contribution in [1.82, 2.24) is 15.2 Å². The van der Waals surface area contributed by atoms with E-state index in [4.69, 9.17) is 9.47 Å². The molecule has 0 fully saturated rings. The van der Waals surface area contributed by atoms with E-state index in [0.29, 0.717) is 12.2 Å². The van der Waals surface area contributed by atoms with Gasteiger partial charge < -0.3 is 19.4 Å². The van der Waals surface area contributed by atoms with E-state index in [2.05, 4.69) is 48.5 Å². The minimum atomic E-state index is -0.440. The number of rotatable bonds is 9. The normalized spacial score (nSPS) is 18.8. The number of nitrogens with zero attached hydrogens (tertiary/aromatic N) is 1. The van der Waals surface area contributed by atoms with Gasteiger partial charge in [-0.1, -0.05) is 29.5 Å². The van der Waals surface area contributed by atoms with E-state index in [0.717, 1.165) is 53.9 Å². The summed E-state index contributed by atoms with van der Waals surface area (Å²) in [5, 5.41) is 4.87. The van der Waals surface area contributed by atoms with E-state index in [9.17, 15) is 4.79 Å². The van der Waals surface area contributed by atoms with E-state index in [-0.39, 0.29) is 6.10 Å². The third-order valence-corrected chi connectivity index (χ3v) is 7.89. The number of allylic oxidation sites excluding steroid dienone is 4. The van der Waals surface area contributed by atoms with Crippen molar-refractivity contribution in [3.63, 3.8) is 0 Å². The Labute approximate surface area is 212 Å². The number of thioether (sulfide) groups is 1. The fourth-order valence-corrected chi connectivity index (χ4v) is 5.60. The zero-order valence-electron chi connectivity index (χ0n) is 21.3. The first-order valence-corrected chi connectivity index (χ1v) is 13.4. The van der Waals surface area contributed by atoms with Gasteiger partial charge in [0.15, 0.2) is 0 Å². The van der Waals surface area contributed by atoms with E-state index in [1.165, 1.54) is 28.9 Å². The summed E-state index contributed by atoms with van der Waals surface area (Å²) >= 11 is 1.65. The lowest BCUT2D eigenvalue weighted by Crippen LogP contribution is -2.22. The lowest BCUT2D eigenvalue weighted by atomic mass is 10.0. The highest BCUT2D eigenvalue weighted by atomic mass is 32.2. The van der Waals surface area contributed by atoms with E-state index < -0.39 is 6.09 Å². The van der Waals surface area contributed by atoms with E-state index in [1.54, 1.807) is 11.8 Å². The maximum absolute atomic E-state index is 12.6. The second-order valence-electron chi connectivity index (χ2n) is 9.55. The van der Waals surface area contributed by atoms with Crippen LogP contribution in [0, 0.1) is 0 Å². The van der Waals surface area contributed by atoms with Crippen molar-refractivity contribution in [3.05, 3.63) is 63.4 Å². The van der Waals surface area contributed by atoms with Gasteiger partial charge in [-0.25, -0.2) is 4.79 Å². The molecule has 0 bridgehead atoms. The molecular formula is C28H37N3O3S. The molecule has 1 heterocycles. The molecule has 2 aliphatic carbocycles. The molecule has 2 aromatic rings. The Bertz CT molecular complexity index is 1150. The number of benzene rings is 1. The fraction of sp³-hybridized carbons (Fsp3) is 0.464. The summed E-state index contributed by atoms with van der Waals surface area (Å²) in [6.45, 7) is 5.10. The summed E-state index contributed by atoms with van der Waals surface area (Å²) in [5.41, 5.74) is 3.76. The zero-order valence-corrected chi connectivity index (χ0v) is 22.1. The highest BCUT2D eigenvalue weighted by Crippen LogP contribution is 2.36. The molecule has 35 heavy (non-hydrogen) atoms. The number of hydrogen-bond donors (Lipinski definition) is 2. The molecule has 6 nitrogen and oxygen atoms in total. The summed E-state index contributed by atoms with van der Waals surface area (Å²) < 4.78 is 12.0. The summed E-state index contributed by atoms with van der Waals surface area (Å²) in [5.74, 6) is 1.53. The van der Waals surface area contributed by atoms with Gasteiger partial charge in [-0.3, -0.25) is 5.32 Å². The topological polar surface area (TPSA) is 66.6 Å². The van der Waals surface area contributed by atoms with Crippen LogP contribution in [0.3, 0.4) is 0 Å². The van der Waals surface area contributed by atoms with Crippen molar-refractivity contribution < 1.29 is 14.3 Å². The van der Waals surface area contributed by atoms with Crippen molar-refractivity contribution in [1.29, 1.82) is 0 Å². The summed E-state index contributed by atoms with van der Waals surface area (Å²) in [6.07, 6.45) is 12.5. The average Bonchev–Trinajstić information content (AvgIpc) is 3.45. The number of carbonyl (C=O) groups excluding carboxylic acids is 1. The molecule has 1 amide bonds. The Hall–Kier alpha value is -2.64. The number of ether oxygens (including phenoxy) is 2. The number of carbonyl (C=O) groups is 1. The van der Waals surface area contributed by atoms with Gasteiger partial charge in [0.05, 0.1) is 5.03 Å². The summed E-state index contributed by atoms with van der Waals surface area (Å²) in [7, 11) is 4.17. The monoisotopic (exact) mass is 495 g/mol. The number of hydrogen-bond acceptors (Lipinski definition) is 5. The molecule has 0 aliphatic heterocycles. The highest BCUT2D eigenvalue weighted by Gasteiger charge is 2.23. The van der Waals surface area contributed by atoms with Crippen LogP contribution < -0.4 is 10.1 Å². The second-order valence-corrected chi connectivity index (χ2v) is 10.7. The van der Waals surface area contributed by atoms with Gasteiger partial charge in [0.25, 0.3) is 0 Å². The van der Waals surface area contributed by atoms with Crippen molar-refractivity contribution in [2.45, 2.75) is 64.9 Å². The van der Waals surface area contributed by atoms with Gasteiger partial charge in [-0.05, 0) is 95.1 Å². The maximum Gasteiger partial charge on any atom is 0.417 e. The number of aromatic amines is 1. The quantitative estimate of drug-likeness (QED) is 0.397. The summed E-state index contributed by atoms with van der Waals surface area (Å²) in [6, 6.07) is 6.10. The maximum atomic E-state index is 12.6. The first kappa shape index (κ1) is 25.5. The average molecular weight is 496 g/mol. The Morgan fingerprint density at radius 3 is 2.86 bits per heavy atom. The van der Waals surface area contributed by atoms with Crippen molar-refractivity contribution in [2.24, 2.45) is 0 Å². The standard InChI is InChI=1S/C28H37N3O3S/c1-5-26(35-25-12-7-6-9-19(25)2)30-28(32)34-22-14-13-21(17-22)33-24-11-8-10-23-27(24)20(18-29-23)15-16-31(3)4/h5,8,10-11,17-18,21,29H,6-7,9,12-16H2,1-4H3,(H,30,32)/b26-5-. The third kappa shape index (κ3) is 6.73. The lowest BCUT2D eigenvalue weighted by Gasteiger charge is -2.18. The Balaban J connectivity index is 1.36. The molecule has 1 unspecified atom stereocenters. The molecule has 0 radical (unpaired) electrons. The van der Waals surface area contributed by atoms with Crippen LogP contribution in [0.2, 0.25) is 0 Å². The van der Waals surface area contributed by atoms with E-state index >= 15 is 0 Å². The lowest BCUT2D eigenvalue weighted by molar-refractivity contribution is 0.177. The Morgan fingerprint density at radius 2 is 2.09 bits per heavy atom. The Kier molecular flexibility index (Phi) is 8.63. The minimum Gasteiger partial charge on any atom is -0.485 e.